The van der Waals surface area contributed by atoms with Crippen LogP contribution in [0.15, 0.2) is 12.1 Å². The smallest absolute Gasteiger partial charge is 0.174 e. The molecule has 1 aliphatic rings. The minimum absolute atomic E-state index is 0.0340. The van der Waals surface area contributed by atoms with Gasteiger partial charge < -0.3 is 9.84 Å². The van der Waals surface area contributed by atoms with Crippen molar-refractivity contribution in [1.29, 1.82) is 0 Å². The molecule has 0 aromatic heterocycles. The number of ether oxygens (including phenoxy) is 1. The average molecular weight is 234 g/mol. The Kier molecular flexibility index (Phi) is 2.64. The predicted molar refractivity (Wildman–Crippen MR) is 65.9 cm³/mol. The molecular formula is C14H18O3. The normalized spacial score (nSPS) is 17.8. The zero-order chi connectivity index (χ0) is 12.8. The van der Waals surface area contributed by atoms with Crippen LogP contribution in [0.4, 0.5) is 0 Å². The van der Waals surface area contributed by atoms with Gasteiger partial charge in [0.2, 0.25) is 0 Å². The highest BCUT2D eigenvalue weighted by Crippen LogP contribution is 2.40. The molecule has 2 rings (SSSR count). The first-order valence-electron chi connectivity index (χ1n) is 5.89. The third-order valence-corrected chi connectivity index (χ3v) is 3.02. The maximum absolute atomic E-state index is 12.0. The number of fused-ring (bicyclic) bond motifs is 1. The number of carbonyl (C=O) groups excluding carboxylic acids is 1. The van der Waals surface area contributed by atoms with Crippen molar-refractivity contribution >= 4 is 5.78 Å². The summed E-state index contributed by atoms with van der Waals surface area (Å²) in [6, 6.07) is 3.52. The molecule has 1 aliphatic heterocycles. The van der Waals surface area contributed by atoms with Crippen molar-refractivity contribution in [2.45, 2.75) is 45.6 Å². The summed E-state index contributed by atoms with van der Waals surface area (Å²) in [6.07, 6.45) is 0.300. The highest BCUT2D eigenvalue weighted by Gasteiger charge is 2.34. The van der Waals surface area contributed by atoms with E-state index in [2.05, 4.69) is 0 Å². The van der Waals surface area contributed by atoms with Gasteiger partial charge in [-0.05, 0) is 37.5 Å². The van der Waals surface area contributed by atoms with Gasteiger partial charge in [0.05, 0.1) is 6.42 Å². The number of hydrogen-bond acceptors (Lipinski definition) is 3. The van der Waals surface area contributed by atoms with Gasteiger partial charge in [-0.15, -0.1) is 0 Å². The molecule has 0 radical (unpaired) electrons. The zero-order valence-corrected chi connectivity index (χ0v) is 10.7. The van der Waals surface area contributed by atoms with Gasteiger partial charge in [0.15, 0.2) is 5.78 Å². The van der Waals surface area contributed by atoms with Crippen LogP contribution in [0.3, 0.4) is 0 Å². The van der Waals surface area contributed by atoms with Crippen molar-refractivity contribution in [3.8, 4) is 11.5 Å². The summed E-state index contributed by atoms with van der Waals surface area (Å²) in [6.45, 7) is 7.84. The van der Waals surface area contributed by atoms with Crippen molar-refractivity contribution in [2.24, 2.45) is 0 Å². The Balaban J connectivity index is 2.57. The van der Waals surface area contributed by atoms with Crippen LogP contribution in [0.2, 0.25) is 0 Å². The third kappa shape index (κ3) is 2.14. The van der Waals surface area contributed by atoms with Gasteiger partial charge >= 0.3 is 0 Å². The molecule has 0 unspecified atom stereocenters. The van der Waals surface area contributed by atoms with Crippen molar-refractivity contribution in [1.82, 2.24) is 0 Å². The van der Waals surface area contributed by atoms with Gasteiger partial charge in [0.25, 0.3) is 0 Å². The van der Waals surface area contributed by atoms with E-state index >= 15 is 0 Å². The molecule has 0 amide bonds. The lowest BCUT2D eigenvalue weighted by atomic mass is 9.90. The molecule has 0 saturated heterocycles. The molecule has 0 aliphatic carbocycles. The van der Waals surface area contributed by atoms with E-state index in [0.717, 1.165) is 5.56 Å². The minimum Gasteiger partial charge on any atom is -0.507 e. The Morgan fingerprint density at radius 1 is 1.35 bits per heavy atom. The first kappa shape index (κ1) is 12.0. The van der Waals surface area contributed by atoms with Crippen LogP contribution in [-0.2, 0) is 0 Å². The monoisotopic (exact) mass is 234 g/mol. The first-order valence-corrected chi connectivity index (χ1v) is 5.89. The number of hydrogen-bond donors (Lipinski definition) is 1. The van der Waals surface area contributed by atoms with Gasteiger partial charge in [-0.1, -0.05) is 13.8 Å². The number of carbonyl (C=O) groups is 1. The Morgan fingerprint density at radius 2 is 2.00 bits per heavy atom. The quantitative estimate of drug-likeness (QED) is 0.811. The number of rotatable bonds is 1. The second-order valence-corrected chi connectivity index (χ2v) is 5.53. The lowest BCUT2D eigenvalue weighted by Crippen LogP contribution is -2.36. The van der Waals surface area contributed by atoms with Crippen LogP contribution in [-0.4, -0.2) is 16.5 Å². The van der Waals surface area contributed by atoms with Gasteiger partial charge in [-0.2, -0.15) is 0 Å². The number of ketones is 1. The molecule has 0 saturated carbocycles. The van der Waals surface area contributed by atoms with Crippen molar-refractivity contribution in [3.05, 3.63) is 23.3 Å². The summed E-state index contributed by atoms with van der Waals surface area (Å²) in [4.78, 5) is 12.0. The topological polar surface area (TPSA) is 46.5 Å². The second-order valence-electron chi connectivity index (χ2n) is 5.53. The molecule has 0 bridgehead atoms. The number of benzene rings is 1. The molecule has 1 aromatic rings. The van der Waals surface area contributed by atoms with E-state index in [1.54, 1.807) is 6.07 Å². The van der Waals surface area contributed by atoms with Crippen LogP contribution in [0.1, 0.15) is 56.0 Å². The van der Waals surface area contributed by atoms with E-state index in [4.69, 9.17) is 4.74 Å². The van der Waals surface area contributed by atoms with Crippen LogP contribution < -0.4 is 4.74 Å². The van der Waals surface area contributed by atoms with E-state index in [0.29, 0.717) is 17.7 Å². The summed E-state index contributed by atoms with van der Waals surface area (Å²) in [5.74, 6) is 0.778. The fraction of sp³-hybridized carbons (Fsp3) is 0.500. The number of phenolic OH excluding ortho intramolecular Hbond substituents is 1. The lowest BCUT2D eigenvalue weighted by Gasteiger charge is -2.32. The molecule has 1 aromatic carbocycles. The van der Waals surface area contributed by atoms with E-state index in [9.17, 15) is 9.90 Å². The van der Waals surface area contributed by atoms with Crippen LogP contribution in [0.5, 0.6) is 11.5 Å². The molecule has 1 heterocycles. The van der Waals surface area contributed by atoms with E-state index < -0.39 is 5.60 Å². The second kappa shape index (κ2) is 3.76. The van der Waals surface area contributed by atoms with Gasteiger partial charge in [-0.25, -0.2) is 0 Å². The predicted octanol–water partition coefficient (Wildman–Crippen LogP) is 3.26. The van der Waals surface area contributed by atoms with Gasteiger partial charge in [0.1, 0.15) is 22.7 Å². The van der Waals surface area contributed by atoms with Crippen molar-refractivity contribution in [3.63, 3.8) is 0 Å². The fourth-order valence-electron chi connectivity index (χ4n) is 2.12. The lowest BCUT2D eigenvalue weighted by molar-refractivity contribution is 0.0614. The third-order valence-electron chi connectivity index (χ3n) is 3.02. The van der Waals surface area contributed by atoms with Gasteiger partial charge in [-0.3, -0.25) is 4.79 Å². The minimum atomic E-state index is -0.494. The molecule has 0 atom stereocenters. The maximum atomic E-state index is 12.0. The van der Waals surface area contributed by atoms with E-state index in [1.807, 2.05) is 33.8 Å². The number of aromatic hydroxyl groups is 1. The highest BCUT2D eigenvalue weighted by atomic mass is 16.5. The van der Waals surface area contributed by atoms with Crippen LogP contribution >= 0.6 is 0 Å². The van der Waals surface area contributed by atoms with Crippen LogP contribution in [0.25, 0.3) is 0 Å². The average Bonchev–Trinajstić information content (AvgIpc) is 2.13. The molecule has 1 N–H and O–H groups in total. The Hall–Kier alpha value is -1.51. The Morgan fingerprint density at radius 3 is 2.59 bits per heavy atom. The SMILES string of the molecule is CC(C)c1cc(O)c2c(c1)OC(C)(C)CC2=O. The van der Waals surface area contributed by atoms with E-state index in [1.165, 1.54) is 0 Å². The van der Waals surface area contributed by atoms with Crippen LogP contribution in [0, 0.1) is 0 Å². The Labute approximate surface area is 101 Å². The summed E-state index contributed by atoms with van der Waals surface area (Å²) >= 11 is 0. The summed E-state index contributed by atoms with van der Waals surface area (Å²) in [7, 11) is 0. The maximum Gasteiger partial charge on any atom is 0.174 e. The van der Waals surface area contributed by atoms with Gasteiger partial charge in [0, 0.05) is 0 Å². The van der Waals surface area contributed by atoms with Crippen molar-refractivity contribution < 1.29 is 14.6 Å². The molecule has 17 heavy (non-hydrogen) atoms. The van der Waals surface area contributed by atoms with E-state index in [-0.39, 0.29) is 17.5 Å². The first-order chi connectivity index (χ1) is 7.80. The number of phenols is 1. The standard InChI is InChI=1S/C14H18O3/c1-8(2)9-5-10(15)13-11(16)7-14(3,4)17-12(13)6-9/h5-6,8,15H,7H2,1-4H3. The molecule has 0 fully saturated rings. The summed E-state index contributed by atoms with van der Waals surface area (Å²) in [5, 5.41) is 9.93. The molecular weight excluding hydrogens is 216 g/mol. The molecule has 3 heteroatoms. The molecule has 92 valence electrons. The molecule has 0 spiro atoms. The fourth-order valence-corrected chi connectivity index (χ4v) is 2.12. The zero-order valence-electron chi connectivity index (χ0n) is 10.7. The summed E-state index contributed by atoms with van der Waals surface area (Å²) < 4.78 is 5.78. The largest absolute Gasteiger partial charge is 0.507 e. The van der Waals surface area contributed by atoms with Crippen molar-refractivity contribution in [2.75, 3.05) is 0 Å². The number of Topliss-reactive ketones (excluding diaryl/α,β-unsaturated/α-hetero) is 1. The molecule has 3 nitrogen and oxygen atoms in total. The highest BCUT2D eigenvalue weighted by molar-refractivity contribution is 6.02. The Bertz CT molecular complexity index is 473. The summed E-state index contributed by atoms with van der Waals surface area (Å²) in [5.41, 5.74) is 0.812.